The molecule has 1 aromatic carbocycles. The monoisotopic (exact) mass is 297 g/mol. The molecule has 0 saturated carbocycles. The number of para-hydroxylation sites is 2. The summed E-state index contributed by atoms with van der Waals surface area (Å²) in [5.41, 5.74) is 2.20. The van der Waals surface area contributed by atoms with Gasteiger partial charge in [-0.25, -0.2) is 4.98 Å². The van der Waals surface area contributed by atoms with Crippen molar-refractivity contribution in [3.8, 4) is 0 Å². The summed E-state index contributed by atoms with van der Waals surface area (Å²) in [6.45, 7) is 3.74. The molecule has 0 spiro atoms. The minimum atomic E-state index is 0. The molecule has 2 heterocycles. The summed E-state index contributed by atoms with van der Waals surface area (Å²) >= 11 is 1.83. The second-order valence-electron chi connectivity index (χ2n) is 4.81. The number of nitrogens with zero attached hydrogens (tertiary/aromatic N) is 2. The van der Waals surface area contributed by atoms with E-state index < -0.39 is 0 Å². The number of benzene rings is 1. The molecule has 19 heavy (non-hydrogen) atoms. The van der Waals surface area contributed by atoms with Crippen molar-refractivity contribution < 1.29 is 0 Å². The topological polar surface area (TPSA) is 31.9 Å². The largest absolute Gasteiger partial charge is 0.333 e. The molecule has 5 heteroatoms. The van der Waals surface area contributed by atoms with Crippen LogP contribution in [0.15, 0.2) is 29.4 Å². The minimum absolute atomic E-state index is 0. The molecule has 1 aliphatic rings. The van der Waals surface area contributed by atoms with Gasteiger partial charge in [-0.15, -0.1) is 12.4 Å². The lowest BCUT2D eigenvalue weighted by atomic mass is 10.1. The summed E-state index contributed by atoms with van der Waals surface area (Å²) in [5.74, 6) is 1.12. The predicted molar refractivity (Wildman–Crippen MR) is 84.4 cm³/mol. The highest BCUT2D eigenvalue weighted by Gasteiger charge is 2.10. The fourth-order valence-electron chi connectivity index (χ4n) is 2.45. The molecule has 0 aliphatic carbocycles. The third-order valence-electron chi connectivity index (χ3n) is 3.46. The molecule has 1 aliphatic heterocycles. The predicted octanol–water partition coefficient (Wildman–Crippen LogP) is 3.56. The van der Waals surface area contributed by atoms with Gasteiger partial charge in [-0.05, 0) is 38.1 Å². The Balaban J connectivity index is 0.00000133. The maximum absolute atomic E-state index is 4.58. The number of piperidine rings is 1. The third-order valence-corrected chi connectivity index (χ3v) is 4.32. The van der Waals surface area contributed by atoms with Crippen molar-refractivity contribution in [3.63, 3.8) is 0 Å². The summed E-state index contributed by atoms with van der Waals surface area (Å²) in [6.07, 6.45) is 4.15. The number of aromatic amines is 1. The second-order valence-corrected chi connectivity index (χ2v) is 5.89. The fourth-order valence-corrected chi connectivity index (χ4v) is 3.34. The Hall–Kier alpha value is -0.710. The van der Waals surface area contributed by atoms with Crippen LogP contribution in [0.1, 0.15) is 19.3 Å². The first-order valence-electron chi connectivity index (χ1n) is 6.72. The van der Waals surface area contributed by atoms with E-state index in [-0.39, 0.29) is 12.4 Å². The first-order chi connectivity index (χ1) is 8.92. The number of fused-ring (bicyclic) bond motifs is 1. The van der Waals surface area contributed by atoms with Gasteiger partial charge < -0.3 is 9.88 Å². The average Bonchev–Trinajstić information content (AvgIpc) is 2.82. The van der Waals surface area contributed by atoms with Gasteiger partial charge in [-0.1, -0.05) is 30.3 Å². The molecule has 3 nitrogen and oxygen atoms in total. The van der Waals surface area contributed by atoms with Crippen LogP contribution in [0.5, 0.6) is 0 Å². The molecule has 104 valence electrons. The zero-order valence-electron chi connectivity index (χ0n) is 11.0. The van der Waals surface area contributed by atoms with Crippen LogP contribution in [0, 0.1) is 0 Å². The number of nitrogens with one attached hydrogen (secondary N) is 1. The lowest BCUT2D eigenvalue weighted by Gasteiger charge is -2.25. The number of imidazole rings is 1. The average molecular weight is 298 g/mol. The molecular weight excluding hydrogens is 278 g/mol. The molecular formula is C14H20ClN3S. The van der Waals surface area contributed by atoms with Gasteiger partial charge >= 0.3 is 0 Å². The number of aromatic nitrogens is 2. The summed E-state index contributed by atoms with van der Waals surface area (Å²) in [6, 6.07) is 8.21. The van der Waals surface area contributed by atoms with Crippen LogP contribution in [0.25, 0.3) is 11.0 Å². The van der Waals surface area contributed by atoms with Gasteiger partial charge in [-0.3, -0.25) is 0 Å². The molecule has 3 rings (SSSR count). The summed E-state index contributed by atoms with van der Waals surface area (Å²) in [4.78, 5) is 10.5. The van der Waals surface area contributed by atoms with Crippen molar-refractivity contribution in [3.05, 3.63) is 24.3 Å². The minimum Gasteiger partial charge on any atom is -0.333 e. The highest BCUT2D eigenvalue weighted by atomic mass is 35.5. The lowest BCUT2D eigenvalue weighted by molar-refractivity contribution is 0.242. The van der Waals surface area contributed by atoms with Gasteiger partial charge in [0.25, 0.3) is 0 Å². The Morgan fingerprint density at radius 1 is 1.16 bits per heavy atom. The van der Waals surface area contributed by atoms with Crippen LogP contribution in [0.2, 0.25) is 0 Å². The number of H-pyrrole nitrogens is 1. The van der Waals surface area contributed by atoms with E-state index in [0.717, 1.165) is 21.9 Å². The van der Waals surface area contributed by atoms with Crippen molar-refractivity contribution in [1.29, 1.82) is 0 Å². The van der Waals surface area contributed by atoms with E-state index in [1.807, 2.05) is 23.9 Å². The smallest absolute Gasteiger partial charge is 0.166 e. The first-order valence-corrected chi connectivity index (χ1v) is 7.70. The molecule has 0 amide bonds. The second kappa shape index (κ2) is 7.17. The molecule has 1 aromatic heterocycles. The third kappa shape index (κ3) is 3.88. The van der Waals surface area contributed by atoms with Crippen molar-refractivity contribution in [1.82, 2.24) is 14.9 Å². The van der Waals surface area contributed by atoms with Crippen molar-refractivity contribution in [2.24, 2.45) is 0 Å². The zero-order valence-corrected chi connectivity index (χ0v) is 12.6. The van der Waals surface area contributed by atoms with E-state index in [2.05, 4.69) is 27.0 Å². The van der Waals surface area contributed by atoms with Gasteiger partial charge in [0.05, 0.1) is 11.0 Å². The molecule has 0 radical (unpaired) electrons. The Bertz CT molecular complexity index is 475. The summed E-state index contributed by atoms with van der Waals surface area (Å²) < 4.78 is 0. The Morgan fingerprint density at radius 2 is 1.95 bits per heavy atom. The quantitative estimate of drug-likeness (QED) is 0.876. The van der Waals surface area contributed by atoms with Crippen LogP contribution < -0.4 is 0 Å². The van der Waals surface area contributed by atoms with Crippen molar-refractivity contribution >= 4 is 35.2 Å². The van der Waals surface area contributed by atoms with E-state index in [1.165, 1.54) is 38.9 Å². The maximum atomic E-state index is 4.58. The number of halogens is 1. The lowest BCUT2D eigenvalue weighted by Crippen LogP contribution is -2.31. The van der Waals surface area contributed by atoms with Gasteiger partial charge in [0.1, 0.15) is 0 Å². The number of thioether (sulfide) groups is 1. The van der Waals surface area contributed by atoms with E-state index in [1.54, 1.807) is 0 Å². The summed E-state index contributed by atoms with van der Waals surface area (Å²) in [5, 5.41) is 1.05. The van der Waals surface area contributed by atoms with E-state index >= 15 is 0 Å². The van der Waals surface area contributed by atoms with Gasteiger partial charge in [-0.2, -0.15) is 0 Å². The molecule has 0 unspecified atom stereocenters. The molecule has 1 N–H and O–H groups in total. The van der Waals surface area contributed by atoms with Crippen molar-refractivity contribution in [2.75, 3.05) is 25.4 Å². The van der Waals surface area contributed by atoms with Crippen LogP contribution in [-0.2, 0) is 0 Å². The van der Waals surface area contributed by atoms with Gasteiger partial charge in [0.2, 0.25) is 0 Å². The Kier molecular flexibility index (Phi) is 5.55. The SMILES string of the molecule is Cl.c1ccc2[nH]c(SCCN3CCCCC3)nc2c1. The van der Waals surface area contributed by atoms with Crippen LogP contribution in [0.3, 0.4) is 0 Å². The van der Waals surface area contributed by atoms with Crippen molar-refractivity contribution in [2.45, 2.75) is 24.4 Å². The van der Waals surface area contributed by atoms with Crippen LogP contribution >= 0.6 is 24.2 Å². The van der Waals surface area contributed by atoms with E-state index in [0.29, 0.717) is 0 Å². The highest BCUT2D eigenvalue weighted by Crippen LogP contribution is 2.19. The van der Waals surface area contributed by atoms with Gasteiger partial charge in [0, 0.05) is 12.3 Å². The fraction of sp³-hybridized carbons (Fsp3) is 0.500. The standard InChI is InChI=1S/C14H19N3S.ClH/c1-4-8-17(9-5-1)10-11-18-14-15-12-6-2-3-7-13(12)16-14;/h2-3,6-7H,1,4-5,8-11H2,(H,15,16);1H. The van der Waals surface area contributed by atoms with Crippen LogP contribution in [-0.4, -0.2) is 40.3 Å². The maximum Gasteiger partial charge on any atom is 0.166 e. The van der Waals surface area contributed by atoms with E-state index in [9.17, 15) is 0 Å². The molecule has 1 fully saturated rings. The number of hydrogen-bond acceptors (Lipinski definition) is 3. The Morgan fingerprint density at radius 3 is 2.74 bits per heavy atom. The van der Waals surface area contributed by atoms with Gasteiger partial charge in [0.15, 0.2) is 5.16 Å². The van der Waals surface area contributed by atoms with E-state index in [4.69, 9.17) is 0 Å². The normalized spacial score (nSPS) is 16.4. The Labute approximate surface area is 124 Å². The molecule has 1 saturated heterocycles. The first kappa shape index (κ1) is 14.7. The molecule has 0 atom stereocenters. The summed E-state index contributed by atoms with van der Waals surface area (Å²) in [7, 11) is 0. The number of likely N-dealkylation sites (tertiary alicyclic amines) is 1. The van der Waals surface area contributed by atoms with Crippen LogP contribution in [0.4, 0.5) is 0 Å². The molecule has 2 aromatic rings. The highest BCUT2D eigenvalue weighted by molar-refractivity contribution is 7.99. The molecule has 0 bridgehead atoms. The number of rotatable bonds is 4. The number of hydrogen-bond donors (Lipinski definition) is 1. The zero-order chi connectivity index (χ0) is 12.2.